The Kier molecular flexibility index (Phi) is 7.43. The Bertz CT molecular complexity index is 1080. The van der Waals surface area contributed by atoms with E-state index in [1.165, 1.54) is 6.07 Å². The number of hydrogen-bond donors (Lipinski definition) is 0. The number of hydrogen-bond acceptors (Lipinski definition) is 7. The number of rotatable bonds is 4. The van der Waals surface area contributed by atoms with Crippen molar-refractivity contribution in [2.45, 2.75) is 65.2 Å². The summed E-state index contributed by atoms with van der Waals surface area (Å²) in [6.07, 6.45) is -0.365. The molecular weight excluding hydrogens is 440 g/mol. The van der Waals surface area contributed by atoms with Crippen molar-refractivity contribution in [2.24, 2.45) is 0 Å². The van der Waals surface area contributed by atoms with E-state index in [-0.39, 0.29) is 12.6 Å². The molecule has 9 heteroatoms. The minimum Gasteiger partial charge on any atom is -0.493 e. The Balaban J connectivity index is 1.69. The lowest BCUT2D eigenvalue weighted by Crippen LogP contribution is -2.58. The van der Waals surface area contributed by atoms with Crippen LogP contribution in [0, 0.1) is 0 Å². The highest BCUT2D eigenvalue weighted by Gasteiger charge is 2.36. The van der Waals surface area contributed by atoms with Crippen molar-refractivity contribution in [3.05, 3.63) is 40.8 Å². The molecule has 0 radical (unpaired) electrons. The molecule has 1 atom stereocenters. The number of piperazine rings is 1. The van der Waals surface area contributed by atoms with E-state index in [4.69, 9.17) is 18.6 Å². The topological polar surface area (TPSA) is 98.5 Å². The maximum Gasteiger partial charge on any atom is 0.410 e. The van der Waals surface area contributed by atoms with Gasteiger partial charge < -0.3 is 28.4 Å². The van der Waals surface area contributed by atoms with E-state index in [1.807, 2.05) is 47.6 Å². The highest BCUT2D eigenvalue weighted by molar-refractivity contribution is 5.77. The van der Waals surface area contributed by atoms with Crippen LogP contribution in [0.5, 0.6) is 5.75 Å². The normalized spacial score (nSPS) is 16.9. The molecule has 1 aliphatic heterocycles. The van der Waals surface area contributed by atoms with E-state index in [1.54, 1.807) is 28.0 Å². The zero-order chi connectivity index (χ0) is 25.1. The number of amides is 2. The van der Waals surface area contributed by atoms with Crippen molar-refractivity contribution < 1.29 is 28.2 Å². The number of benzene rings is 1. The van der Waals surface area contributed by atoms with Gasteiger partial charge in [0.15, 0.2) is 0 Å². The first-order chi connectivity index (χ1) is 15.8. The highest BCUT2D eigenvalue weighted by atomic mass is 16.6. The SMILES string of the molecule is CC(C)(C)OC(=O)N1CCN(C(=O)OC(C)(C)C)C(CCOc2ccc3ccc(=O)oc3c2)C1. The van der Waals surface area contributed by atoms with E-state index in [2.05, 4.69) is 0 Å². The lowest BCUT2D eigenvalue weighted by molar-refractivity contribution is -0.0173. The summed E-state index contributed by atoms with van der Waals surface area (Å²) < 4.78 is 22.2. The fourth-order valence-corrected chi connectivity index (χ4v) is 3.60. The van der Waals surface area contributed by atoms with E-state index in [9.17, 15) is 14.4 Å². The number of carbonyl (C=O) groups excluding carboxylic acids is 2. The van der Waals surface area contributed by atoms with E-state index >= 15 is 0 Å². The maximum absolute atomic E-state index is 12.8. The fourth-order valence-electron chi connectivity index (χ4n) is 3.60. The van der Waals surface area contributed by atoms with Gasteiger partial charge in [0.2, 0.25) is 0 Å². The Morgan fingerprint density at radius 2 is 1.62 bits per heavy atom. The van der Waals surface area contributed by atoms with Crippen molar-refractivity contribution in [3.8, 4) is 5.75 Å². The molecule has 0 N–H and O–H groups in total. The summed E-state index contributed by atoms with van der Waals surface area (Å²) in [7, 11) is 0. The van der Waals surface area contributed by atoms with E-state index in [0.717, 1.165) is 5.39 Å². The van der Waals surface area contributed by atoms with E-state index in [0.29, 0.717) is 37.4 Å². The molecule has 2 aromatic rings. The monoisotopic (exact) mass is 474 g/mol. The zero-order valence-corrected chi connectivity index (χ0v) is 20.8. The van der Waals surface area contributed by atoms with Crippen molar-refractivity contribution in [1.82, 2.24) is 9.80 Å². The van der Waals surface area contributed by atoms with Crippen LogP contribution in [-0.2, 0) is 9.47 Å². The van der Waals surface area contributed by atoms with Crippen molar-refractivity contribution in [1.29, 1.82) is 0 Å². The first-order valence-corrected chi connectivity index (χ1v) is 11.4. The van der Waals surface area contributed by atoms with Gasteiger partial charge in [-0.15, -0.1) is 0 Å². The molecule has 9 nitrogen and oxygen atoms in total. The number of fused-ring (bicyclic) bond motifs is 1. The van der Waals surface area contributed by atoms with Gasteiger partial charge in [-0.1, -0.05) is 0 Å². The summed E-state index contributed by atoms with van der Waals surface area (Å²) in [4.78, 5) is 40.2. The molecule has 186 valence electrons. The molecule has 1 fully saturated rings. The summed E-state index contributed by atoms with van der Waals surface area (Å²) in [5.41, 5.74) is -1.23. The molecule has 1 unspecified atom stereocenters. The Morgan fingerprint density at radius 3 is 2.29 bits per heavy atom. The maximum atomic E-state index is 12.8. The third kappa shape index (κ3) is 7.13. The predicted octanol–water partition coefficient (Wildman–Crippen LogP) is 4.42. The summed E-state index contributed by atoms with van der Waals surface area (Å²) in [5, 5.41) is 0.795. The average molecular weight is 475 g/mol. The molecule has 0 spiro atoms. The highest BCUT2D eigenvalue weighted by Crippen LogP contribution is 2.22. The molecule has 1 aliphatic rings. The first kappa shape index (κ1) is 25.4. The molecule has 1 saturated heterocycles. The van der Waals surface area contributed by atoms with Crippen molar-refractivity contribution in [2.75, 3.05) is 26.2 Å². The van der Waals surface area contributed by atoms with Gasteiger partial charge in [-0.25, -0.2) is 14.4 Å². The summed E-state index contributed by atoms with van der Waals surface area (Å²) >= 11 is 0. The van der Waals surface area contributed by atoms with Gasteiger partial charge in [0.25, 0.3) is 0 Å². The molecule has 2 heterocycles. The van der Waals surface area contributed by atoms with Gasteiger partial charge >= 0.3 is 17.8 Å². The Morgan fingerprint density at radius 1 is 0.971 bits per heavy atom. The number of carbonyl (C=O) groups is 2. The Hall–Kier alpha value is -3.23. The molecule has 1 aromatic heterocycles. The molecule has 3 rings (SSSR count). The van der Waals surface area contributed by atoms with Crippen LogP contribution in [0.3, 0.4) is 0 Å². The van der Waals surface area contributed by atoms with Crippen molar-refractivity contribution >= 4 is 23.2 Å². The second kappa shape index (κ2) is 9.95. The smallest absolute Gasteiger partial charge is 0.410 e. The standard InChI is InChI=1S/C25H34N2O7/c1-24(2,3)33-22(29)26-12-13-27(23(30)34-25(4,5)6)18(16-26)11-14-31-19-9-7-17-8-10-21(28)32-20(17)15-19/h7-10,15,18H,11-14,16H2,1-6H3. The fraction of sp³-hybridized carbons (Fsp3) is 0.560. The minimum atomic E-state index is -0.630. The second-order valence-corrected chi connectivity index (χ2v) is 10.3. The predicted molar refractivity (Wildman–Crippen MR) is 127 cm³/mol. The molecule has 0 bridgehead atoms. The van der Waals surface area contributed by atoms with Gasteiger partial charge in [-0.2, -0.15) is 0 Å². The number of ether oxygens (including phenoxy) is 3. The van der Waals surface area contributed by atoms with Gasteiger partial charge in [0, 0.05) is 43.6 Å². The average Bonchev–Trinajstić information content (AvgIpc) is 2.71. The second-order valence-electron chi connectivity index (χ2n) is 10.3. The van der Waals surface area contributed by atoms with Gasteiger partial charge in [0.1, 0.15) is 22.5 Å². The van der Waals surface area contributed by atoms with Gasteiger partial charge in [0.05, 0.1) is 12.6 Å². The van der Waals surface area contributed by atoms with Crippen LogP contribution in [0.15, 0.2) is 39.5 Å². The molecule has 0 saturated carbocycles. The van der Waals surface area contributed by atoms with Crippen LogP contribution in [0.25, 0.3) is 11.0 Å². The van der Waals surface area contributed by atoms with Gasteiger partial charge in [-0.3, -0.25) is 0 Å². The van der Waals surface area contributed by atoms with Crippen LogP contribution in [-0.4, -0.2) is 65.5 Å². The lowest BCUT2D eigenvalue weighted by atomic mass is 10.1. The third-order valence-corrected chi connectivity index (χ3v) is 5.08. The quantitative estimate of drug-likeness (QED) is 0.605. The number of nitrogens with zero attached hydrogens (tertiary/aromatic N) is 2. The van der Waals surface area contributed by atoms with Crippen LogP contribution in [0.4, 0.5) is 9.59 Å². The van der Waals surface area contributed by atoms with Crippen LogP contribution < -0.4 is 10.4 Å². The largest absolute Gasteiger partial charge is 0.493 e. The lowest BCUT2D eigenvalue weighted by Gasteiger charge is -2.41. The summed E-state index contributed by atoms with van der Waals surface area (Å²) in [5.74, 6) is 0.547. The summed E-state index contributed by atoms with van der Waals surface area (Å²) in [6.45, 7) is 12.2. The first-order valence-electron chi connectivity index (χ1n) is 11.4. The molecule has 1 aromatic carbocycles. The molecular formula is C25H34N2O7. The zero-order valence-electron chi connectivity index (χ0n) is 20.8. The molecule has 2 amide bonds. The molecule has 34 heavy (non-hydrogen) atoms. The summed E-state index contributed by atoms with van der Waals surface area (Å²) in [6, 6.07) is 8.02. The van der Waals surface area contributed by atoms with Crippen LogP contribution >= 0.6 is 0 Å². The molecule has 0 aliphatic carbocycles. The van der Waals surface area contributed by atoms with E-state index < -0.39 is 29.0 Å². The van der Waals surface area contributed by atoms with Crippen LogP contribution in [0.2, 0.25) is 0 Å². The minimum absolute atomic E-state index is 0.286. The van der Waals surface area contributed by atoms with Gasteiger partial charge in [-0.05, 0) is 59.7 Å². The van der Waals surface area contributed by atoms with Crippen molar-refractivity contribution in [3.63, 3.8) is 0 Å². The third-order valence-electron chi connectivity index (χ3n) is 5.08. The Labute approximate surface area is 199 Å². The van der Waals surface area contributed by atoms with Crippen LogP contribution in [0.1, 0.15) is 48.0 Å².